The first-order valence-corrected chi connectivity index (χ1v) is 7.31. The van der Waals surface area contributed by atoms with Crippen molar-refractivity contribution < 1.29 is 0 Å². The monoisotopic (exact) mass is 235 g/mol. The molecule has 2 rings (SSSR count). The molecule has 0 amide bonds. The number of hydrogen-bond donors (Lipinski definition) is 1. The Morgan fingerprint density at radius 1 is 1.19 bits per heavy atom. The molecule has 1 heterocycles. The SMILES string of the molecule is Cc1ccc([C@H](C)NC2CCSCC2)cc1. The van der Waals surface area contributed by atoms with Crippen LogP contribution in [-0.4, -0.2) is 17.5 Å². The standard InChI is InChI=1S/C14H21NS/c1-11-3-5-13(6-4-11)12(2)15-14-7-9-16-10-8-14/h3-6,12,14-15H,7-10H2,1-2H3/t12-/m0/s1. The van der Waals surface area contributed by atoms with E-state index in [0.717, 1.165) is 6.04 Å². The van der Waals surface area contributed by atoms with Gasteiger partial charge in [0.1, 0.15) is 0 Å². The molecule has 1 saturated heterocycles. The summed E-state index contributed by atoms with van der Waals surface area (Å²) in [6, 6.07) is 10.1. The fraction of sp³-hybridized carbons (Fsp3) is 0.571. The molecule has 0 aromatic heterocycles. The molecule has 0 aliphatic carbocycles. The van der Waals surface area contributed by atoms with Crippen molar-refractivity contribution in [3.63, 3.8) is 0 Å². The second-order valence-corrected chi connectivity index (χ2v) is 5.91. The molecule has 0 unspecified atom stereocenters. The van der Waals surface area contributed by atoms with Gasteiger partial charge in [0.2, 0.25) is 0 Å². The van der Waals surface area contributed by atoms with Crippen molar-refractivity contribution in [1.29, 1.82) is 0 Å². The first kappa shape index (κ1) is 12.0. The van der Waals surface area contributed by atoms with Gasteiger partial charge >= 0.3 is 0 Å². The van der Waals surface area contributed by atoms with Gasteiger partial charge in [-0.15, -0.1) is 0 Å². The summed E-state index contributed by atoms with van der Waals surface area (Å²) in [5.74, 6) is 2.64. The molecule has 1 N–H and O–H groups in total. The highest BCUT2D eigenvalue weighted by Gasteiger charge is 2.16. The van der Waals surface area contributed by atoms with Crippen LogP contribution < -0.4 is 5.32 Å². The Morgan fingerprint density at radius 3 is 2.44 bits per heavy atom. The third-order valence-electron chi connectivity index (χ3n) is 3.28. The maximum absolute atomic E-state index is 3.74. The van der Waals surface area contributed by atoms with Crippen molar-refractivity contribution >= 4 is 11.8 Å². The fourth-order valence-electron chi connectivity index (χ4n) is 2.17. The van der Waals surface area contributed by atoms with Crippen LogP contribution in [0, 0.1) is 6.92 Å². The van der Waals surface area contributed by atoms with E-state index in [0.29, 0.717) is 6.04 Å². The molecule has 88 valence electrons. The zero-order valence-corrected chi connectivity index (χ0v) is 11.0. The Morgan fingerprint density at radius 2 is 1.81 bits per heavy atom. The van der Waals surface area contributed by atoms with Gasteiger partial charge in [0.25, 0.3) is 0 Å². The van der Waals surface area contributed by atoms with Crippen molar-refractivity contribution in [2.45, 2.75) is 38.8 Å². The van der Waals surface area contributed by atoms with E-state index in [9.17, 15) is 0 Å². The van der Waals surface area contributed by atoms with Crippen LogP contribution in [0.5, 0.6) is 0 Å². The summed E-state index contributed by atoms with van der Waals surface area (Å²) in [4.78, 5) is 0. The van der Waals surface area contributed by atoms with E-state index >= 15 is 0 Å². The van der Waals surface area contributed by atoms with Crippen LogP contribution >= 0.6 is 11.8 Å². The van der Waals surface area contributed by atoms with Crippen molar-refractivity contribution in [3.05, 3.63) is 35.4 Å². The van der Waals surface area contributed by atoms with Gasteiger partial charge in [-0.05, 0) is 43.8 Å². The summed E-state index contributed by atoms with van der Waals surface area (Å²) in [5.41, 5.74) is 2.74. The molecule has 1 fully saturated rings. The normalized spacial score (nSPS) is 19.6. The number of benzene rings is 1. The molecule has 1 nitrogen and oxygen atoms in total. The highest BCUT2D eigenvalue weighted by molar-refractivity contribution is 7.99. The zero-order chi connectivity index (χ0) is 11.4. The van der Waals surface area contributed by atoms with Gasteiger partial charge in [-0.1, -0.05) is 29.8 Å². The van der Waals surface area contributed by atoms with Gasteiger partial charge in [0, 0.05) is 12.1 Å². The van der Waals surface area contributed by atoms with Gasteiger partial charge in [-0.3, -0.25) is 0 Å². The van der Waals surface area contributed by atoms with E-state index in [1.165, 1.54) is 35.5 Å². The molecule has 1 aromatic carbocycles. The predicted molar refractivity (Wildman–Crippen MR) is 73.1 cm³/mol. The van der Waals surface area contributed by atoms with Gasteiger partial charge in [-0.25, -0.2) is 0 Å². The summed E-state index contributed by atoms with van der Waals surface area (Å²) in [6.07, 6.45) is 2.64. The second kappa shape index (κ2) is 5.74. The van der Waals surface area contributed by atoms with E-state index in [2.05, 4.69) is 55.2 Å². The molecule has 1 atom stereocenters. The lowest BCUT2D eigenvalue weighted by Gasteiger charge is -2.26. The number of hydrogen-bond acceptors (Lipinski definition) is 2. The summed E-state index contributed by atoms with van der Waals surface area (Å²) < 4.78 is 0. The highest BCUT2D eigenvalue weighted by Crippen LogP contribution is 2.21. The van der Waals surface area contributed by atoms with Gasteiger partial charge in [-0.2, -0.15) is 11.8 Å². The van der Waals surface area contributed by atoms with Crippen LogP contribution in [-0.2, 0) is 0 Å². The molecule has 16 heavy (non-hydrogen) atoms. The minimum absolute atomic E-state index is 0.480. The number of aryl methyl sites for hydroxylation is 1. The predicted octanol–water partition coefficient (Wildman–Crippen LogP) is 3.54. The van der Waals surface area contributed by atoms with E-state index in [4.69, 9.17) is 0 Å². The lowest BCUT2D eigenvalue weighted by molar-refractivity contribution is 0.431. The molecular formula is C14H21NS. The van der Waals surface area contributed by atoms with E-state index in [1.807, 2.05) is 0 Å². The van der Waals surface area contributed by atoms with Crippen molar-refractivity contribution in [2.24, 2.45) is 0 Å². The number of rotatable bonds is 3. The summed E-state index contributed by atoms with van der Waals surface area (Å²) >= 11 is 2.08. The number of nitrogens with one attached hydrogen (secondary N) is 1. The first-order valence-electron chi connectivity index (χ1n) is 6.16. The van der Waals surface area contributed by atoms with E-state index in [-0.39, 0.29) is 0 Å². The van der Waals surface area contributed by atoms with E-state index in [1.54, 1.807) is 0 Å². The Balaban J connectivity index is 1.91. The van der Waals surface area contributed by atoms with Crippen LogP contribution in [0.3, 0.4) is 0 Å². The maximum atomic E-state index is 3.74. The molecule has 1 aliphatic rings. The fourth-order valence-corrected chi connectivity index (χ4v) is 3.28. The maximum Gasteiger partial charge on any atom is 0.0294 e. The molecule has 0 saturated carbocycles. The molecule has 0 bridgehead atoms. The van der Waals surface area contributed by atoms with Crippen molar-refractivity contribution in [2.75, 3.05) is 11.5 Å². The Kier molecular flexibility index (Phi) is 4.30. The van der Waals surface area contributed by atoms with Crippen LogP contribution in [0.15, 0.2) is 24.3 Å². The number of thioether (sulfide) groups is 1. The van der Waals surface area contributed by atoms with E-state index < -0.39 is 0 Å². The highest BCUT2D eigenvalue weighted by atomic mass is 32.2. The van der Waals surface area contributed by atoms with Gasteiger partial charge in [0.15, 0.2) is 0 Å². The summed E-state index contributed by atoms with van der Waals surface area (Å²) in [6.45, 7) is 4.41. The molecule has 2 heteroatoms. The average Bonchev–Trinajstić information content (AvgIpc) is 2.31. The largest absolute Gasteiger partial charge is 0.307 e. The summed E-state index contributed by atoms with van der Waals surface area (Å²) in [5, 5.41) is 3.74. The minimum atomic E-state index is 0.480. The van der Waals surface area contributed by atoms with Crippen LogP contribution in [0.2, 0.25) is 0 Å². The third-order valence-corrected chi connectivity index (χ3v) is 4.33. The molecular weight excluding hydrogens is 214 g/mol. The Bertz CT molecular complexity index is 314. The topological polar surface area (TPSA) is 12.0 Å². The van der Waals surface area contributed by atoms with Crippen LogP contribution in [0.1, 0.15) is 36.9 Å². The molecule has 1 aromatic rings. The van der Waals surface area contributed by atoms with Crippen molar-refractivity contribution in [1.82, 2.24) is 5.32 Å². The van der Waals surface area contributed by atoms with Gasteiger partial charge < -0.3 is 5.32 Å². The quantitative estimate of drug-likeness (QED) is 0.860. The summed E-state index contributed by atoms with van der Waals surface area (Å²) in [7, 11) is 0. The lowest BCUT2D eigenvalue weighted by atomic mass is 10.0. The molecule has 0 spiro atoms. The second-order valence-electron chi connectivity index (χ2n) is 4.69. The zero-order valence-electron chi connectivity index (χ0n) is 10.2. The Hall–Kier alpha value is -0.470. The van der Waals surface area contributed by atoms with Gasteiger partial charge in [0.05, 0.1) is 0 Å². The van der Waals surface area contributed by atoms with Crippen molar-refractivity contribution in [3.8, 4) is 0 Å². The van der Waals surface area contributed by atoms with Crippen LogP contribution in [0.25, 0.3) is 0 Å². The Labute approximate surface area is 103 Å². The molecule has 1 aliphatic heterocycles. The third kappa shape index (κ3) is 3.26. The lowest BCUT2D eigenvalue weighted by Crippen LogP contribution is -2.34. The smallest absolute Gasteiger partial charge is 0.0294 e. The minimum Gasteiger partial charge on any atom is -0.307 e. The first-order chi connectivity index (χ1) is 7.75. The van der Waals surface area contributed by atoms with Crippen LogP contribution in [0.4, 0.5) is 0 Å². The average molecular weight is 235 g/mol. The molecule has 0 radical (unpaired) electrons.